The number of hydrogen-bond donors (Lipinski definition) is 1. The lowest BCUT2D eigenvalue weighted by Crippen LogP contribution is -2.28. The fourth-order valence-corrected chi connectivity index (χ4v) is 5.39. The average Bonchev–Trinajstić information content (AvgIpc) is 2.84. The molecule has 0 radical (unpaired) electrons. The number of nitrogens with zero attached hydrogens (tertiary/aromatic N) is 3. The zero-order chi connectivity index (χ0) is 24.6. The minimum absolute atomic E-state index is 0.0711. The summed E-state index contributed by atoms with van der Waals surface area (Å²) in [6.07, 6.45) is 1.65. The Morgan fingerprint density at radius 2 is 2.00 bits per heavy atom. The molecule has 1 aliphatic heterocycles. The molecule has 0 amide bonds. The lowest BCUT2D eigenvalue weighted by Gasteiger charge is -2.28. The summed E-state index contributed by atoms with van der Waals surface area (Å²) in [7, 11) is -1.97. The third-order valence-electron chi connectivity index (χ3n) is 5.80. The zero-order valence-electron chi connectivity index (χ0n) is 19.2. The highest BCUT2D eigenvalue weighted by molar-refractivity contribution is 7.92. The van der Waals surface area contributed by atoms with Gasteiger partial charge in [-0.15, -0.1) is 0 Å². The molecule has 35 heavy (non-hydrogen) atoms. The van der Waals surface area contributed by atoms with Crippen LogP contribution in [-0.2, 0) is 16.6 Å². The SMILES string of the molecule is Cc1c(Cl)cccc1S(=O)(=O)Nc1nc2cccnc2cc1OCc1ccc2c(c1)N(C)CCO2. The molecule has 4 aromatic rings. The second-order valence-electron chi connectivity index (χ2n) is 8.21. The first kappa shape index (κ1) is 23.2. The molecule has 2 aromatic carbocycles. The van der Waals surface area contributed by atoms with E-state index in [0.717, 1.165) is 23.5 Å². The molecule has 0 unspecified atom stereocenters. The second kappa shape index (κ2) is 9.24. The molecule has 180 valence electrons. The van der Waals surface area contributed by atoms with Crippen molar-refractivity contribution < 1.29 is 17.9 Å². The van der Waals surface area contributed by atoms with Gasteiger partial charge >= 0.3 is 0 Å². The van der Waals surface area contributed by atoms with Gasteiger partial charge in [-0.05, 0) is 54.4 Å². The summed E-state index contributed by atoms with van der Waals surface area (Å²) in [6, 6.07) is 15.7. The van der Waals surface area contributed by atoms with E-state index in [4.69, 9.17) is 21.1 Å². The van der Waals surface area contributed by atoms with Crippen molar-refractivity contribution in [1.29, 1.82) is 0 Å². The quantitative estimate of drug-likeness (QED) is 0.398. The summed E-state index contributed by atoms with van der Waals surface area (Å²) in [4.78, 5) is 11.0. The fourth-order valence-electron chi connectivity index (χ4n) is 3.87. The minimum atomic E-state index is -3.98. The van der Waals surface area contributed by atoms with Crippen LogP contribution < -0.4 is 19.1 Å². The first-order chi connectivity index (χ1) is 16.8. The maximum Gasteiger partial charge on any atom is 0.263 e. The van der Waals surface area contributed by atoms with Crippen LogP contribution in [0.4, 0.5) is 11.5 Å². The van der Waals surface area contributed by atoms with Gasteiger partial charge in [0.15, 0.2) is 11.6 Å². The van der Waals surface area contributed by atoms with Crippen LogP contribution >= 0.6 is 11.6 Å². The van der Waals surface area contributed by atoms with E-state index >= 15 is 0 Å². The molecule has 3 heterocycles. The first-order valence-electron chi connectivity index (χ1n) is 11.0. The van der Waals surface area contributed by atoms with Crippen molar-refractivity contribution >= 4 is 44.2 Å². The van der Waals surface area contributed by atoms with Crippen LogP contribution in [0, 0.1) is 6.92 Å². The van der Waals surface area contributed by atoms with Crippen molar-refractivity contribution in [2.75, 3.05) is 29.8 Å². The molecule has 0 atom stereocenters. The first-order valence-corrected chi connectivity index (χ1v) is 12.8. The number of rotatable bonds is 6. The number of nitrogens with one attached hydrogen (secondary N) is 1. The van der Waals surface area contributed by atoms with E-state index in [2.05, 4.69) is 19.6 Å². The molecule has 0 saturated heterocycles. The van der Waals surface area contributed by atoms with Gasteiger partial charge in [-0.3, -0.25) is 9.71 Å². The number of likely N-dealkylation sites (N-methyl/N-ethyl adjacent to an activating group) is 1. The van der Waals surface area contributed by atoms with Gasteiger partial charge in [-0.2, -0.15) is 0 Å². The van der Waals surface area contributed by atoms with Gasteiger partial charge in [-0.25, -0.2) is 13.4 Å². The number of fused-ring (bicyclic) bond motifs is 2. The third-order valence-corrected chi connectivity index (χ3v) is 7.69. The number of aromatic nitrogens is 2. The van der Waals surface area contributed by atoms with Gasteiger partial charge in [0, 0.05) is 24.3 Å². The van der Waals surface area contributed by atoms with Crippen molar-refractivity contribution in [3.05, 3.63) is 76.9 Å². The van der Waals surface area contributed by atoms with Crippen LogP contribution in [-0.4, -0.2) is 38.6 Å². The number of pyridine rings is 2. The Balaban J connectivity index is 1.48. The van der Waals surface area contributed by atoms with E-state index in [1.807, 2.05) is 25.2 Å². The normalized spacial score (nSPS) is 13.3. The van der Waals surface area contributed by atoms with E-state index in [1.165, 1.54) is 6.07 Å². The van der Waals surface area contributed by atoms with Gasteiger partial charge in [0.2, 0.25) is 0 Å². The number of halogens is 1. The molecule has 1 N–H and O–H groups in total. The highest BCUT2D eigenvalue weighted by atomic mass is 35.5. The molecule has 10 heteroatoms. The van der Waals surface area contributed by atoms with Crippen molar-refractivity contribution in [2.24, 2.45) is 0 Å². The second-order valence-corrected chi connectivity index (χ2v) is 10.3. The molecular weight excluding hydrogens is 488 g/mol. The molecule has 0 bridgehead atoms. The van der Waals surface area contributed by atoms with E-state index in [9.17, 15) is 8.42 Å². The Bertz CT molecular complexity index is 1530. The van der Waals surface area contributed by atoms with Gasteiger partial charge in [0.05, 0.1) is 28.2 Å². The van der Waals surface area contributed by atoms with Gasteiger partial charge in [0.25, 0.3) is 10.0 Å². The van der Waals surface area contributed by atoms with Crippen molar-refractivity contribution in [1.82, 2.24) is 9.97 Å². The Morgan fingerprint density at radius 3 is 2.86 bits per heavy atom. The molecule has 0 saturated carbocycles. The van der Waals surface area contributed by atoms with E-state index < -0.39 is 10.0 Å². The Kier molecular flexibility index (Phi) is 6.12. The van der Waals surface area contributed by atoms with Crippen LogP contribution in [0.25, 0.3) is 11.0 Å². The summed E-state index contributed by atoms with van der Waals surface area (Å²) in [5.41, 5.74) is 3.46. The van der Waals surface area contributed by atoms with Crippen LogP contribution in [0.2, 0.25) is 5.02 Å². The molecular formula is C25H23ClN4O4S. The summed E-state index contributed by atoms with van der Waals surface area (Å²) in [5.74, 6) is 1.16. The Morgan fingerprint density at radius 1 is 1.14 bits per heavy atom. The average molecular weight is 511 g/mol. The van der Waals surface area contributed by atoms with E-state index in [0.29, 0.717) is 28.2 Å². The Labute approximate surface area is 208 Å². The minimum Gasteiger partial charge on any atom is -0.490 e. The lowest BCUT2D eigenvalue weighted by molar-refractivity contribution is 0.302. The number of benzene rings is 2. The number of ether oxygens (including phenoxy) is 2. The fraction of sp³-hybridized carbons (Fsp3) is 0.200. The summed E-state index contributed by atoms with van der Waals surface area (Å²) < 4.78 is 40.8. The summed E-state index contributed by atoms with van der Waals surface area (Å²) in [5, 5.41) is 0.362. The molecule has 0 aliphatic carbocycles. The number of sulfonamides is 1. The predicted molar refractivity (Wildman–Crippen MR) is 136 cm³/mol. The zero-order valence-corrected chi connectivity index (χ0v) is 20.7. The monoisotopic (exact) mass is 510 g/mol. The summed E-state index contributed by atoms with van der Waals surface area (Å²) in [6.45, 7) is 3.30. The van der Waals surface area contributed by atoms with Crippen LogP contribution in [0.15, 0.2) is 65.7 Å². The lowest BCUT2D eigenvalue weighted by atomic mass is 10.1. The smallest absolute Gasteiger partial charge is 0.263 e. The molecule has 2 aromatic heterocycles. The molecule has 0 fully saturated rings. The van der Waals surface area contributed by atoms with E-state index in [-0.39, 0.29) is 23.1 Å². The standard InChI is InChI=1S/C25H23ClN4O4S/c1-16-18(26)5-3-7-24(16)35(31,32)29-25-23(14-20-19(28-25)6-4-10-27-20)34-15-17-8-9-22-21(13-17)30(2)11-12-33-22/h3-10,13-14H,11-12,15H2,1-2H3,(H,28,29). The van der Waals surface area contributed by atoms with Gasteiger partial charge in [-0.1, -0.05) is 23.7 Å². The Hall–Kier alpha value is -3.56. The van der Waals surface area contributed by atoms with Gasteiger partial charge in [0.1, 0.15) is 19.0 Å². The maximum atomic E-state index is 13.2. The predicted octanol–water partition coefficient (Wildman–Crippen LogP) is 4.80. The van der Waals surface area contributed by atoms with Crippen molar-refractivity contribution in [2.45, 2.75) is 18.4 Å². The van der Waals surface area contributed by atoms with Crippen LogP contribution in [0.3, 0.4) is 0 Å². The van der Waals surface area contributed by atoms with Crippen LogP contribution in [0.5, 0.6) is 11.5 Å². The highest BCUT2D eigenvalue weighted by Gasteiger charge is 2.22. The number of anilines is 2. The maximum absolute atomic E-state index is 13.2. The van der Waals surface area contributed by atoms with Crippen LogP contribution in [0.1, 0.15) is 11.1 Å². The molecule has 0 spiro atoms. The summed E-state index contributed by atoms with van der Waals surface area (Å²) >= 11 is 6.16. The van der Waals surface area contributed by atoms with Gasteiger partial charge < -0.3 is 14.4 Å². The number of hydrogen-bond acceptors (Lipinski definition) is 7. The molecule has 1 aliphatic rings. The van der Waals surface area contributed by atoms with Crippen molar-refractivity contribution in [3.63, 3.8) is 0 Å². The van der Waals surface area contributed by atoms with E-state index in [1.54, 1.807) is 43.5 Å². The topological polar surface area (TPSA) is 93.7 Å². The highest BCUT2D eigenvalue weighted by Crippen LogP contribution is 2.34. The van der Waals surface area contributed by atoms with Crippen molar-refractivity contribution in [3.8, 4) is 11.5 Å². The third kappa shape index (κ3) is 4.69. The largest absolute Gasteiger partial charge is 0.490 e. The molecule has 8 nitrogen and oxygen atoms in total. The molecule has 5 rings (SSSR count).